The van der Waals surface area contributed by atoms with Gasteiger partial charge in [0.25, 0.3) is 5.91 Å². The SMILES string of the molecule is Cc1ccc([C@@H](C)NC(=O)c2cccc(CN3CCOCC3)c2)cc1C. The van der Waals surface area contributed by atoms with Gasteiger partial charge in [-0.25, -0.2) is 0 Å². The van der Waals surface area contributed by atoms with E-state index >= 15 is 0 Å². The molecule has 4 heteroatoms. The molecule has 1 atom stereocenters. The highest BCUT2D eigenvalue weighted by molar-refractivity contribution is 5.94. The van der Waals surface area contributed by atoms with E-state index in [-0.39, 0.29) is 11.9 Å². The Morgan fingerprint density at radius 2 is 1.88 bits per heavy atom. The molecule has 0 aromatic heterocycles. The first kappa shape index (κ1) is 18.6. The third-order valence-electron chi connectivity index (χ3n) is 5.08. The van der Waals surface area contributed by atoms with E-state index < -0.39 is 0 Å². The van der Waals surface area contributed by atoms with Crippen molar-refractivity contribution in [3.63, 3.8) is 0 Å². The Morgan fingerprint density at radius 1 is 1.12 bits per heavy atom. The monoisotopic (exact) mass is 352 g/mol. The summed E-state index contributed by atoms with van der Waals surface area (Å²) in [5.74, 6) is -0.0282. The second kappa shape index (κ2) is 8.47. The number of morpholine rings is 1. The molecular formula is C22H28N2O2. The van der Waals surface area contributed by atoms with E-state index in [0.717, 1.165) is 38.4 Å². The molecule has 1 heterocycles. The maximum absolute atomic E-state index is 12.7. The summed E-state index contributed by atoms with van der Waals surface area (Å²) < 4.78 is 5.40. The van der Waals surface area contributed by atoms with Gasteiger partial charge in [0.2, 0.25) is 0 Å². The van der Waals surface area contributed by atoms with Gasteiger partial charge in [-0.05, 0) is 55.2 Å². The molecule has 138 valence electrons. The van der Waals surface area contributed by atoms with Gasteiger partial charge in [-0.15, -0.1) is 0 Å². The summed E-state index contributed by atoms with van der Waals surface area (Å²) in [6, 6.07) is 14.2. The van der Waals surface area contributed by atoms with Gasteiger partial charge in [0.1, 0.15) is 0 Å². The van der Waals surface area contributed by atoms with Crippen LogP contribution in [0.25, 0.3) is 0 Å². The molecular weight excluding hydrogens is 324 g/mol. The van der Waals surface area contributed by atoms with Crippen LogP contribution in [0, 0.1) is 13.8 Å². The number of amides is 1. The molecule has 1 aliphatic heterocycles. The molecule has 1 N–H and O–H groups in total. The van der Waals surface area contributed by atoms with E-state index in [4.69, 9.17) is 4.74 Å². The zero-order valence-electron chi connectivity index (χ0n) is 15.9. The van der Waals surface area contributed by atoms with Gasteiger partial charge in [0.15, 0.2) is 0 Å². The van der Waals surface area contributed by atoms with Gasteiger partial charge in [-0.1, -0.05) is 30.3 Å². The van der Waals surface area contributed by atoms with Crippen molar-refractivity contribution in [2.24, 2.45) is 0 Å². The summed E-state index contributed by atoms with van der Waals surface area (Å²) in [5.41, 5.74) is 5.52. The molecule has 0 bridgehead atoms. The minimum Gasteiger partial charge on any atom is -0.379 e. The zero-order chi connectivity index (χ0) is 18.5. The van der Waals surface area contributed by atoms with E-state index in [0.29, 0.717) is 5.56 Å². The van der Waals surface area contributed by atoms with Crippen molar-refractivity contribution in [3.05, 3.63) is 70.3 Å². The Morgan fingerprint density at radius 3 is 2.62 bits per heavy atom. The third kappa shape index (κ3) is 4.71. The maximum Gasteiger partial charge on any atom is 0.251 e. The molecule has 26 heavy (non-hydrogen) atoms. The normalized spacial score (nSPS) is 16.3. The molecule has 0 aliphatic carbocycles. The summed E-state index contributed by atoms with van der Waals surface area (Å²) >= 11 is 0. The summed E-state index contributed by atoms with van der Waals surface area (Å²) in [6.45, 7) is 10.5. The molecule has 3 rings (SSSR count). The van der Waals surface area contributed by atoms with Crippen LogP contribution in [0.4, 0.5) is 0 Å². The van der Waals surface area contributed by atoms with Crippen molar-refractivity contribution in [2.75, 3.05) is 26.3 Å². The molecule has 1 fully saturated rings. The number of ether oxygens (including phenoxy) is 1. The van der Waals surface area contributed by atoms with Gasteiger partial charge >= 0.3 is 0 Å². The lowest BCUT2D eigenvalue weighted by atomic mass is 10.0. The van der Waals surface area contributed by atoms with Crippen LogP contribution in [0.2, 0.25) is 0 Å². The van der Waals surface area contributed by atoms with Crippen molar-refractivity contribution in [1.29, 1.82) is 0 Å². The Balaban J connectivity index is 1.65. The van der Waals surface area contributed by atoms with Crippen molar-refractivity contribution in [2.45, 2.75) is 33.4 Å². The first-order valence-corrected chi connectivity index (χ1v) is 9.30. The van der Waals surface area contributed by atoms with E-state index in [2.05, 4.69) is 48.3 Å². The Bertz CT molecular complexity index is 766. The number of nitrogens with one attached hydrogen (secondary N) is 1. The third-order valence-corrected chi connectivity index (χ3v) is 5.08. The van der Waals surface area contributed by atoms with Crippen LogP contribution >= 0.6 is 0 Å². The Kier molecular flexibility index (Phi) is 6.07. The molecule has 1 amide bonds. The fraction of sp³-hybridized carbons (Fsp3) is 0.409. The van der Waals surface area contributed by atoms with Crippen LogP contribution in [0.3, 0.4) is 0 Å². The van der Waals surface area contributed by atoms with Gasteiger partial charge < -0.3 is 10.1 Å². The van der Waals surface area contributed by atoms with E-state index in [1.165, 1.54) is 16.7 Å². The smallest absolute Gasteiger partial charge is 0.251 e. The molecule has 2 aromatic rings. The van der Waals surface area contributed by atoms with E-state index in [9.17, 15) is 4.79 Å². The van der Waals surface area contributed by atoms with Gasteiger partial charge in [-0.3, -0.25) is 9.69 Å². The minimum absolute atomic E-state index is 0.0234. The molecule has 0 spiro atoms. The molecule has 0 unspecified atom stereocenters. The summed E-state index contributed by atoms with van der Waals surface area (Å²) in [4.78, 5) is 15.0. The van der Waals surface area contributed by atoms with Crippen LogP contribution in [0.5, 0.6) is 0 Å². The van der Waals surface area contributed by atoms with Gasteiger partial charge in [-0.2, -0.15) is 0 Å². The lowest BCUT2D eigenvalue weighted by molar-refractivity contribution is 0.0342. The van der Waals surface area contributed by atoms with E-state index in [1.54, 1.807) is 0 Å². The number of carbonyl (C=O) groups excluding carboxylic acids is 1. The highest BCUT2D eigenvalue weighted by atomic mass is 16.5. The molecule has 2 aromatic carbocycles. The fourth-order valence-electron chi connectivity index (χ4n) is 3.23. The lowest BCUT2D eigenvalue weighted by Crippen LogP contribution is -2.35. The van der Waals surface area contributed by atoms with Crippen molar-refractivity contribution in [1.82, 2.24) is 10.2 Å². The van der Waals surface area contributed by atoms with Crippen LogP contribution in [-0.4, -0.2) is 37.1 Å². The molecule has 0 saturated carbocycles. The molecule has 1 saturated heterocycles. The van der Waals surface area contributed by atoms with Crippen LogP contribution in [-0.2, 0) is 11.3 Å². The minimum atomic E-state index is -0.0282. The highest BCUT2D eigenvalue weighted by Gasteiger charge is 2.14. The van der Waals surface area contributed by atoms with Gasteiger partial charge in [0, 0.05) is 25.2 Å². The van der Waals surface area contributed by atoms with Crippen molar-refractivity contribution in [3.8, 4) is 0 Å². The van der Waals surface area contributed by atoms with Crippen molar-refractivity contribution >= 4 is 5.91 Å². The maximum atomic E-state index is 12.7. The summed E-state index contributed by atoms with van der Waals surface area (Å²) in [7, 11) is 0. The lowest BCUT2D eigenvalue weighted by Gasteiger charge is -2.26. The number of hydrogen-bond acceptors (Lipinski definition) is 3. The summed E-state index contributed by atoms with van der Waals surface area (Å²) in [6.07, 6.45) is 0. The number of aryl methyl sites for hydroxylation is 2. The first-order chi connectivity index (χ1) is 12.5. The quantitative estimate of drug-likeness (QED) is 0.893. The average molecular weight is 352 g/mol. The zero-order valence-corrected chi connectivity index (χ0v) is 15.9. The Labute approximate surface area is 156 Å². The first-order valence-electron chi connectivity index (χ1n) is 9.30. The molecule has 1 aliphatic rings. The summed E-state index contributed by atoms with van der Waals surface area (Å²) in [5, 5.41) is 3.12. The predicted molar refractivity (Wildman–Crippen MR) is 104 cm³/mol. The van der Waals surface area contributed by atoms with Crippen LogP contribution in [0.15, 0.2) is 42.5 Å². The van der Waals surface area contributed by atoms with Crippen LogP contribution in [0.1, 0.15) is 45.6 Å². The number of nitrogens with zero attached hydrogens (tertiary/aromatic N) is 1. The standard InChI is InChI=1S/C22H28N2O2/c1-16-7-8-20(13-17(16)2)18(3)23-22(25)21-6-4-5-19(14-21)15-24-9-11-26-12-10-24/h4-8,13-14,18H,9-12,15H2,1-3H3,(H,23,25)/t18-/m1/s1. The highest BCUT2D eigenvalue weighted by Crippen LogP contribution is 2.18. The number of rotatable bonds is 5. The second-order valence-electron chi connectivity index (χ2n) is 7.13. The average Bonchev–Trinajstić information content (AvgIpc) is 2.65. The number of benzene rings is 2. The molecule has 4 nitrogen and oxygen atoms in total. The topological polar surface area (TPSA) is 41.6 Å². The van der Waals surface area contributed by atoms with Crippen LogP contribution < -0.4 is 5.32 Å². The van der Waals surface area contributed by atoms with Gasteiger partial charge in [0.05, 0.1) is 19.3 Å². The van der Waals surface area contributed by atoms with Crippen molar-refractivity contribution < 1.29 is 9.53 Å². The largest absolute Gasteiger partial charge is 0.379 e. The number of carbonyl (C=O) groups is 1. The van der Waals surface area contributed by atoms with E-state index in [1.807, 2.05) is 25.1 Å². The fourth-order valence-corrected chi connectivity index (χ4v) is 3.23. The predicted octanol–water partition coefficient (Wildman–Crippen LogP) is 3.63. The Hall–Kier alpha value is -2.17. The molecule has 0 radical (unpaired) electrons. The number of hydrogen-bond donors (Lipinski definition) is 1. The second-order valence-corrected chi connectivity index (χ2v) is 7.13.